The number of methoxy groups -OCH3 is 1. The fourth-order valence-corrected chi connectivity index (χ4v) is 2.69. The van der Waals surface area contributed by atoms with Gasteiger partial charge in [0.1, 0.15) is 18.8 Å². The summed E-state index contributed by atoms with van der Waals surface area (Å²) in [6.45, 7) is 3.80. The van der Waals surface area contributed by atoms with Crippen molar-refractivity contribution < 1.29 is 28.5 Å². The highest BCUT2D eigenvalue weighted by molar-refractivity contribution is 5.66. The lowest BCUT2D eigenvalue weighted by Crippen LogP contribution is -2.43. The van der Waals surface area contributed by atoms with E-state index in [-0.39, 0.29) is 12.2 Å². The van der Waals surface area contributed by atoms with Gasteiger partial charge in [-0.1, -0.05) is 0 Å². The summed E-state index contributed by atoms with van der Waals surface area (Å²) in [4.78, 5) is 48.6. The molecule has 0 bridgehead atoms. The Bertz CT molecular complexity index is 768. The minimum Gasteiger partial charge on any atom is -0.463 e. The molecular weight excluding hydrogens is 336 g/mol. The molecule has 0 aliphatic carbocycles. The summed E-state index contributed by atoms with van der Waals surface area (Å²) in [7, 11) is 1.35. The average Bonchev–Trinajstić information content (AvgIpc) is 2.85. The molecule has 0 unspecified atom stereocenters. The largest absolute Gasteiger partial charge is 0.463 e. The van der Waals surface area contributed by atoms with E-state index in [0.29, 0.717) is 0 Å². The van der Waals surface area contributed by atoms with Crippen molar-refractivity contribution in [2.24, 2.45) is 0 Å². The summed E-state index contributed by atoms with van der Waals surface area (Å²) >= 11 is 0. The topological polar surface area (TPSA) is 126 Å². The first kappa shape index (κ1) is 18.9. The highest BCUT2D eigenvalue weighted by Gasteiger charge is 2.49. The molecule has 25 heavy (non-hydrogen) atoms. The molecule has 0 aromatic carbocycles. The summed E-state index contributed by atoms with van der Waals surface area (Å²) in [5.74, 6) is -1.12. The van der Waals surface area contributed by atoms with Crippen molar-refractivity contribution in [1.82, 2.24) is 9.55 Å². The fraction of sp³-hybridized carbons (Fsp3) is 0.600. The fourth-order valence-electron chi connectivity index (χ4n) is 2.69. The zero-order valence-electron chi connectivity index (χ0n) is 14.3. The van der Waals surface area contributed by atoms with Gasteiger partial charge < -0.3 is 18.9 Å². The smallest absolute Gasteiger partial charge is 0.328 e. The summed E-state index contributed by atoms with van der Waals surface area (Å²) < 4.78 is 22.2. The highest BCUT2D eigenvalue weighted by atomic mass is 16.7. The van der Waals surface area contributed by atoms with Gasteiger partial charge in [-0.2, -0.15) is 0 Å². The van der Waals surface area contributed by atoms with Crippen LogP contribution in [0.4, 0.5) is 0 Å². The van der Waals surface area contributed by atoms with E-state index < -0.39 is 47.7 Å². The van der Waals surface area contributed by atoms with E-state index in [0.717, 1.165) is 0 Å². The maximum atomic E-state index is 12.3. The number of carbonyl (C=O) groups is 2. The maximum absolute atomic E-state index is 12.3. The molecular formula is C15H20N2O8. The third kappa shape index (κ3) is 4.15. The van der Waals surface area contributed by atoms with Gasteiger partial charge in [-0.25, -0.2) is 4.79 Å². The SMILES string of the molecule is CO[C@H]1O[C@H](COC(C)=O)[C@H](n2cc(C)c(=O)[nH]c2=O)[C@@H]1OC(C)=O. The number of rotatable bonds is 5. The van der Waals surface area contributed by atoms with Crippen LogP contribution in [0.15, 0.2) is 15.8 Å². The molecule has 0 saturated carbocycles. The van der Waals surface area contributed by atoms with Crippen molar-refractivity contribution >= 4 is 11.9 Å². The third-order valence-corrected chi connectivity index (χ3v) is 3.75. The van der Waals surface area contributed by atoms with Crippen LogP contribution < -0.4 is 11.2 Å². The molecule has 2 rings (SSSR count). The van der Waals surface area contributed by atoms with E-state index in [1.807, 2.05) is 0 Å². The molecule has 10 nitrogen and oxygen atoms in total. The highest BCUT2D eigenvalue weighted by Crippen LogP contribution is 2.33. The molecule has 1 aliphatic rings. The van der Waals surface area contributed by atoms with Crippen molar-refractivity contribution in [2.45, 2.75) is 45.3 Å². The van der Waals surface area contributed by atoms with Crippen LogP contribution in [0.3, 0.4) is 0 Å². The second kappa shape index (κ2) is 7.62. The van der Waals surface area contributed by atoms with Crippen LogP contribution in [0.5, 0.6) is 0 Å². The first-order valence-electron chi connectivity index (χ1n) is 7.55. The lowest BCUT2D eigenvalue weighted by molar-refractivity contribution is -0.179. The number of H-pyrrole nitrogens is 1. The quantitative estimate of drug-likeness (QED) is 0.683. The number of aromatic amines is 1. The Labute approximate surface area is 142 Å². The van der Waals surface area contributed by atoms with Crippen LogP contribution in [0.2, 0.25) is 0 Å². The Morgan fingerprint density at radius 3 is 2.52 bits per heavy atom. The zero-order chi connectivity index (χ0) is 18.7. The number of esters is 2. The first-order valence-corrected chi connectivity index (χ1v) is 7.55. The Hall–Kier alpha value is -2.46. The predicted octanol–water partition coefficient (Wildman–Crippen LogP) is -0.748. The van der Waals surface area contributed by atoms with Gasteiger partial charge in [0.15, 0.2) is 12.4 Å². The second-order valence-electron chi connectivity index (χ2n) is 5.62. The van der Waals surface area contributed by atoms with E-state index >= 15 is 0 Å². The molecule has 1 N–H and O–H groups in total. The second-order valence-corrected chi connectivity index (χ2v) is 5.62. The summed E-state index contributed by atoms with van der Waals surface area (Å²) in [5.41, 5.74) is -0.941. The Morgan fingerprint density at radius 2 is 1.96 bits per heavy atom. The average molecular weight is 356 g/mol. The van der Waals surface area contributed by atoms with Crippen molar-refractivity contribution in [3.63, 3.8) is 0 Å². The monoisotopic (exact) mass is 356 g/mol. The predicted molar refractivity (Wildman–Crippen MR) is 83.0 cm³/mol. The van der Waals surface area contributed by atoms with Crippen molar-refractivity contribution in [1.29, 1.82) is 0 Å². The lowest BCUT2D eigenvalue weighted by Gasteiger charge is -2.25. The molecule has 0 radical (unpaired) electrons. The summed E-state index contributed by atoms with van der Waals surface area (Å²) in [6.07, 6.45) is -1.41. The lowest BCUT2D eigenvalue weighted by atomic mass is 10.1. The van der Waals surface area contributed by atoms with Gasteiger partial charge in [-0.15, -0.1) is 0 Å². The maximum Gasteiger partial charge on any atom is 0.328 e. The van der Waals surface area contributed by atoms with Crippen LogP contribution in [-0.4, -0.2) is 53.7 Å². The molecule has 1 fully saturated rings. The molecule has 0 spiro atoms. The molecule has 0 amide bonds. The van der Waals surface area contributed by atoms with Gasteiger partial charge >= 0.3 is 17.6 Å². The van der Waals surface area contributed by atoms with Crippen LogP contribution in [-0.2, 0) is 28.5 Å². The Morgan fingerprint density at radius 1 is 1.28 bits per heavy atom. The Balaban J connectivity index is 2.48. The number of nitrogens with one attached hydrogen (secondary N) is 1. The van der Waals surface area contributed by atoms with E-state index in [2.05, 4.69) is 4.98 Å². The molecule has 1 aromatic rings. The number of aromatic nitrogens is 2. The molecule has 1 aliphatic heterocycles. The van der Waals surface area contributed by atoms with Gasteiger partial charge in [0.05, 0.1) is 0 Å². The van der Waals surface area contributed by atoms with Crippen molar-refractivity contribution in [2.75, 3.05) is 13.7 Å². The zero-order valence-corrected chi connectivity index (χ0v) is 14.3. The summed E-state index contributed by atoms with van der Waals surface area (Å²) in [5, 5.41) is 0. The van der Waals surface area contributed by atoms with E-state index in [9.17, 15) is 19.2 Å². The minimum atomic E-state index is -0.967. The molecule has 10 heteroatoms. The molecule has 138 valence electrons. The number of nitrogens with zero attached hydrogens (tertiary/aromatic N) is 1. The number of hydrogen-bond acceptors (Lipinski definition) is 8. The van der Waals surface area contributed by atoms with Gasteiger partial charge in [-0.05, 0) is 6.92 Å². The molecule has 1 aromatic heterocycles. The first-order chi connectivity index (χ1) is 11.7. The van der Waals surface area contributed by atoms with Crippen molar-refractivity contribution in [3.8, 4) is 0 Å². The number of ether oxygens (including phenoxy) is 4. The summed E-state index contributed by atoms with van der Waals surface area (Å²) in [6, 6.07) is -0.851. The minimum absolute atomic E-state index is 0.178. The number of carbonyl (C=O) groups excluding carboxylic acids is 2. The van der Waals surface area contributed by atoms with Gasteiger partial charge in [0, 0.05) is 32.7 Å². The molecule has 1 saturated heterocycles. The third-order valence-electron chi connectivity index (χ3n) is 3.75. The molecule has 4 atom stereocenters. The number of aryl methyl sites for hydroxylation is 1. The Kier molecular flexibility index (Phi) is 5.75. The van der Waals surface area contributed by atoms with E-state index in [4.69, 9.17) is 18.9 Å². The van der Waals surface area contributed by atoms with Gasteiger partial charge in [-0.3, -0.25) is 23.9 Å². The van der Waals surface area contributed by atoms with E-state index in [1.165, 1.54) is 38.6 Å². The molecule has 2 heterocycles. The number of hydrogen-bond donors (Lipinski definition) is 1. The van der Waals surface area contributed by atoms with Crippen molar-refractivity contribution in [3.05, 3.63) is 32.6 Å². The van der Waals surface area contributed by atoms with Crippen LogP contribution >= 0.6 is 0 Å². The van der Waals surface area contributed by atoms with Crippen LogP contribution in [0.25, 0.3) is 0 Å². The van der Waals surface area contributed by atoms with Crippen LogP contribution in [0.1, 0.15) is 25.5 Å². The van der Waals surface area contributed by atoms with Gasteiger partial charge in [0.2, 0.25) is 0 Å². The van der Waals surface area contributed by atoms with Crippen LogP contribution in [0, 0.1) is 6.92 Å². The van der Waals surface area contributed by atoms with E-state index in [1.54, 1.807) is 0 Å². The standard InChI is InChI=1S/C15H20N2O8/c1-7-5-17(15(21)16-13(7)20)11-10(6-23-8(2)18)25-14(22-4)12(11)24-9(3)19/h5,10-12,14H,6H2,1-4H3,(H,16,20,21)/t10-,11+,12+,14+/m1/s1. The van der Waals surface area contributed by atoms with Gasteiger partial charge in [0.25, 0.3) is 5.56 Å². The normalized spacial score (nSPS) is 25.6.